The Morgan fingerprint density at radius 2 is 1.70 bits per heavy atom. The van der Waals surface area contributed by atoms with Crippen LogP contribution in [0.15, 0.2) is 71.7 Å². The zero-order valence-corrected chi connectivity index (χ0v) is 24.3. The van der Waals surface area contributed by atoms with E-state index in [-0.39, 0.29) is 29.4 Å². The molecule has 1 saturated carbocycles. The fourth-order valence-corrected chi connectivity index (χ4v) is 5.08. The molecule has 0 heterocycles. The number of halogens is 4. The highest BCUT2D eigenvalue weighted by molar-refractivity contribution is 6.30. The number of rotatable bonds is 13. The van der Waals surface area contributed by atoms with Crippen molar-refractivity contribution in [2.24, 2.45) is 10.9 Å². The number of benzene rings is 3. The monoisotopic (exact) mass is 615 g/mol. The highest BCUT2D eigenvalue weighted by Gasteiger charge is 2.44. The Balaban J connectivity index is 1.45. The van der Waals surface area contributed by atoms with Gasteiger partial charge in [0.05, 0.1) is 17.1 Å². The molecule has 0 aromatic heterocycles. The fourth-order valence-electron chi connectivity index (χ4n) is 4.95. The van der Waals surface area contributed by atoms with E-state index >= 15 is 0 Å². The topological polar surface area (TPSA) is 114 Å². The van der Waals surface area contributed by atoms with Crippen molar-refractivity contribution in [2.75, 3.05) is 12.3 Å². The number of nitrogens with two attached hydrogens (primary N) is 1. The van der Waals surface area contributed by atoms with Crippen molar-refractivity contribution in [3.8, 4) is 5.75 Å². The summed E-state index contributed by atoms with van der Waals surface area (Å²) in [7, 11) is 0. The van der Waals surface area contributed by atoms with Crippen molar-refractivity contribution < 1.29 is 32.6 Å². The second-order valence-electron chi connectivity index (χ2n) is 10.9. The number of amides is 1. The van der Waals surface area contributed by atoms with Crippen LogP contribution in [0.2, 0.25) is 5.02 Å². The number of unbranched alkanes of at least 4 members (excludes halogenated alkanes) is 1. The summed E-state index contributed by atoms with van der Waals surface area (Å²) >= 11 is 6.08. The summed E-state index contributed by atoms with van der Waals surface area (Å²) in [5.41, 5.74) is 9.65. The molecule has 0 spiro atoms. The highest BCUT2D eigenvalue weighted by atomic mass is 35.5. The van der Waals surface area contributed by atoms with Crippen molar-refractivity contribution in [2.45, 2.75) is 57.2 Å². The number of alkyl halides is 3. The third-order valence-electron chi connectivity index (χ3n) is 7.56. The normalized spacial score (nSPS) is 15.0. The van der Waals surface area contributed by atoms with Crippen LogP contribution in [0.5, 0.6) is 5.75 Å². The molecule has 1 atom stereocenters. The van der Waals surface area contributed by atoms with Crippen molar-refractivity contribution >= 4 is 40.6 Å². The van der Waals surface area contributed by atoms with Crippen LogP contribution in [0.25, 0.3) is 0 Å². The number of aliphatic imine (C=N–C) groups is 1. The molecule has 0 saturated heterocycles. The van der Waals surface area contributed by atoms with Crippen LogP contribution >= 0.6 is 11.6 Å². The summed E-state index contributed by atoms with van der Waals surface area (Å²) in [5, 5.41) is 12.5. The van der Waals surface area contributed by atoms with E-state index in [0.29, 0.717) is 34.9 Å². The molecule has 3 aromatic rings. The van der Waals surface area contributed by atoms with Gasteiger partial charge in [0.25, 0.3) is 5.91 Å². The van der Waals surface area contributed by atoms with Gasteiger partial charge in [-0.1, -0.05) is 49.2 Å². The van der Waals surface area contributed by atoms with E-state index in [9.17, 15) is 22.8 Å². The maximum Gasteiger partial charge on any atom is 0.573 e. The van der Waals surface area contributed by atoms with Gasteiger partial charge < -0.3 is 20.9 Å². The van der Waals surface area contributed by atoms with E-state index in [0.717, 1.165) is 42.5 Å². The maximum atomic E-state index is 13.0. The smallest absolute Gasteiger partial charge is 0.481 e. The molecule has 11 heteroatoms. The number of nitrogens with zero attached hydrogens (tertiary/aromatic N) is 1. The largest absolute Gasteiger partial charge is 0.573 e. The van der Waals surface area contributed by atoms with E-state index < -0.39 is 12.3 Å². The molecule has 0 aliphatic heterocycles. The SMILES string of the molecule is C[C@@H](CCCCC(=O)O)/C(=N\c1ccc(C(=O)NCC2(c3ccc(OC(F)(F)F)cc3)CC2)cc1N)c1ccc(Cl)cc1. The summed E-state index contributed by atoms with van der Waals surface area (Å²) in [5.74, 6) is -1.44. The van der Waals surface area contributed by atoms with Crippen LogP contribution in [-0.4, -0.2) is 35.6 Å². The van der Waals surface area contributed by atoms with Gasteiger partial charge in [0, 0.05) is 29.0 Å². The van der Waals surface area contributed by atoms with E-state index in [1.807, 2.05) is 19.1 Å². The first-order chi connectivity index (χ1) is 20.3. The highest BCUT2D eigenvalue weighted by Crippen LogP contribution is 2.48. The van der Waals surface area contributed by atoms with E-state index in [1.54, 1.807) is 42.5 Å². The minimum absolute atomic E-state index is 0.00108. The Kier molecular flexibility index (Phi) is 10.0. The Morgan fingerprint density at radius 1 is 1.05 bits per heavy atom. The van der Waals surface area contributed by atoms with Crippen LogP contribution in [0.4, 0.5) is 24.5 Å². The number of nitrogen functional groups attached to an aromatic ring is 1. The molecule has 228 valence electrons. The molecule has 7 nitrogen and oxygen atoms in total. The second-order valence-corrected chi connectivity index (χ2v) is 11.3. The molecule has 4 rings (SSSR count). The van der Waals surface area contributed by atoms with Crippen LogP contribution in [0, 0.1) is 5.92 Å². The van der Waals surface area contributed by atoms with Crippen LogP contribution in [0.3, 0.4) is 0 Å². The van der Waals surface area contributed by atoms with Gasteiger partial charge in [0.2, 0.25) is 0 Å². The molecule has 3 aromatic carbocycles. The zero-order chi connectivity index (χ0) is 31.2. The Morgan fingerprint density at radius 3 is 2.28 bits per heavy atom. The number of carboxylic acids is 1. The molecule has 1 fully saturated rings. The summed E-state index contributed by atoms with van der Waals surface area (Å²) in [4.78, 5) is 28.7. The van der Waals surface area contributed by atoms with Gasteiger partial charge in [-0.05, 0) is 85.2 Å². The Labute approximate surface area is 252 Å². The van der Waals surface area contributed by atoms with Crippen molar-refractivity contribution in [3.05, 3.63) is 88.4 Å². The predicted octanol–water partition coefficient (Wildman–Crippen LogP) is 7.68. The number of anilines is 1. The second kappa shape index (κ2) is 13.5. The Hall–Kier alpha value is -4.05. The summed E-state index contributed by atoms with van der Waals surface area (Å²) in [6.07, 6.45) is -1.03. The number of hydrogen-bond donors (Lipinski definition) is 3. The molecule has 0 radical (unpaired) electrons. The lowest BCUT2D eigenvalue weighted by molar-refractivity contribution is -0.274. The molecule has 1 aliphatic carbocycles. The number of aliphatic carboxylic acids is 1. The molecule has 4 N–H and O–H groups in total. The minimum Gasteiger partial charge on any atom is -0.481 e. The lowest BCUT2D eigenvalue weighted by Gasteiger charge is -2.18. The van der Waals surface area contributed by atoms with Gasteiger partial charge in [-0.3, -0.25) is 14.6 Å². The number of carboxylic acid groups (broad SMARTS) is 1. The van der Waals surface area contributed by atoms with Gasteiger partial charge in [-0.2, -0.15) is 0 Å². The molecule has 0 unspecified atom stereocenters. The van der Waals surface area contributed by atoms with Gasteiger partial charge in [0.15, 0.2) is 0 Å². The van der Waals surface area contributed by atoms with E-state index in [4.69, 9.17) is 27.4 Å². The minimum atomic E-state index is -4.76. The van der Waals surface area contributed by atoms with Crippen LogP contribution < -0.4 is 15.8 Å². The number of carbonyl (C=O) groups excluding carboxylic acids is 1. The van der Waals surface area contributed by atoms with Crippen molar-refractivity contribution in [3.63, 3.8) is 0 Å². The van der Waals surface area contributed by atoms with E-state index in [2.05, 4.69) is 10.1 Å². The number of nitrogens with one attached hydrogen (secondary N) is 1. The van der Waals surface area contributed by atoms with Crippen LogP contribution in [-0.2, 0) is 10.2 Å². The predicted molar refractivity (Wildman–Crippen MR) is 160 cm³/mol. The molecular weight excluding hydrogens is 583 g/mol. The quantitative estimate of drug-likeness (QED) is 0.104. The average Bonchev–Trinajstić information content (AvgIpc) is 3.74. The Bertz CT molecular complexity index is 1470. The van der Waals surface area contributed by atoms with Crippen molar-refractivity contribution in [1.29, 1.82) is 0 Å². The van der Waals surface area contributed by atoms with Crippen molar-refractivity contribution in [1.82, 2.24) is 5.32 Å². The summed E-state index contributed by atoms with van der Waals surface area (Å²) in [6.45, 7) is 2.35. The van der Waals surface area contributed by atoms with Gasteiger partial charge in [-0.25, -0.2) is 0 Å². The molecule has 43 heavy (non-hydrogen) atoms. The van der Waals surface area contributed by atoms with Gasteiger partial charge in [0.1, 0.15) is 5.75 Å². The standard InChI is InChI=1S/C32H33ClF3N3O4/c1-20(4-2-3-5-28(40)41)29(21-6-11-24(33)12-7-21)39-27-15-8-22(18-26(27)37)30(42)38-19-31(16-17-31)23-9-13-25(14-10-23)43-32(34,35)36/h6-15,18,20H,2-5,16-17,19,37H2,1H3,(H,38,42)(H,40,41)/b39-29+/t20-/m0/s1. The lowest BCUT2D eigenvalue weighted by atomic mass is 9.93. The molecule has 1 aliphatic rings. The van der Waals surface area contributed by atoms with E-state index in [1.165, 1.54) is 12.1 Å². The fraction of sp³-hybridized carbons (Fsp3) is 0.344. The van der Waals surface area contributed by atoms with Gasteiger partial charge >= 0.3 is 12.3 Å². The lowest BCUT2D eigenvalue weighted by Crippen LogP contribution is -2.32. The first-order valence-electron chi connectivity index (χ1n) is 14.0. The summed E-state index contributed by atoms with van der Waals surface area (Å²) in [6, 6.07) is 17.9. The molecule has 1 amide bonds. The average molecular weight is 616 g/mol. The third kappa shape index (κ3) is 8.97. The first-order valence-corrected chi connectivity index (χ1v) is 14.3. The maximum absolute atomic E-state index is 13.0. The summed E-state index contributed by atoms with van der Waals surface area (Å²) < 4.78 is 41.4. The first kappa shape index (κ1) is 31.9. The number of carbonyl (C=O) groups is 2. The third-order valence-corrected chi connectivity index (χ3v) is 7.81. The molecular formula is C32H33ClF3N3O4. The number of ether oxygens (including phenoxy) is 1. The van der Waals surface area contributed by atoms with Crippen LogP contribution in [0.1, 0.15) is 66.9 Å². The van der Waals surface area contributed by atoms with Gasteiger partial charge in [-0.15, -0.1) is 13.2 Å². The number of hydrogen-bond acceptors (Lipinski definition) is 5. The molecule has 0 bridgehead atoms. The zero-order valence-electron chi connectivity index (χ0n) is 23.6.